The molecule has 2 heterocycles. The van der Waals surface area contributed by atoms with Gasteiger partial charge in [0.25, 0.3) is 5.91 Å². The lowest BCUT2D eigenvalue weighted by atomic mass is 10.1. The minimum atomic E-state index is -3.37. The molecule has 1 aliphatic heterocycles. The summed E-state index contributed by atoms with van der Waals surface area (Å²) in [6.07, 6.45) is 3.04. The normalized spacial score (nSPS) is 13.7. The number of anilines is 1. The van der Waals surface area contributed by atoms with E-state index in [0.717, 1.165) is 6.26 Å². The lowest BCUT2D eigenvalue weighted by molar-refractivity contribution is -0.117. The first-order valence-electron chi connectivity index (χ1n) is 6.70. The number of fused-ring (bicyclic) bond motifs is 1. The molecule has 23 heavy (non-hydrogen) atoms. The first kappa shape index (κ1) is 15.2. The summed E-state index contributed by atoms with van der Waals surface area (Å²) in [5.74, 6) is 0.693. The summed E-state index contributed by atoms with van der Waals surface area (Å²) in [5, 5.41) is 0.681. The summed E-state index contributed by atoms with van der Waals surface area (Å²) >= 11 is 0. The number of rotatable bonds is 4. The molecule has 2 N–H and O–H groups in total. The van der Waals surface area contributed by atoms with Crippen LogP contribution in [-0.2, 0) is 14.8 Å². The highest BCUT2D eigenvalue weighted by molar-refractivity contribution is 7.92. The van der Waals surface area contributed by atoms with Gasteiger partial charge < -0.3 is 9.72 Å². The number of H-pyrrole nitrogens is 1. The van der Waals surface area contributed by atoms with Crippen molar-refractivity contribution >= 4 is 27.7 Å². The summed E-state index contributed by atoms with van der Waals surface area (Å²) in [4.78, 5) is 22.6. The Morgan fingerprint density at radius 1 is 1.35 bits per heavy atom. The van der Waals surface area contributed by atoms with E-state index < -0.39 is 10.0 Å². The van der Waals surface area contributed by atoms with E-state index in [1.54, 1.807) is 24.3 Å². The van der Waals surface area contributed by atoms with Crippen molar-refractivity contribution < 1.29 is 17.9 Å². The first-order chi connectivity index (χ1) is 10.9. The molecule has 8 nitrogen and oxygen atoms in total. The molecule has 0 fully saturated rings. The second kappa shape index (κ2) is 5.51. The van der Waals surface area contributed by atoms with E-state index in [9.17, 15) is 13.2 Å². The molecule has 0 atom stereocenters. The van der Waals surface area contributed by atoms with Crippen LogP contribution in [0.1, 0.15) is 6.42 Å². The predicted molar refractivity (Wildman–Crippen MR) is 83.9 cm³/mol. The Labute approximate surface area is 132 Å². The smallest absolute Gasteiger partial charge is 0.251 e. The van der Waals surface area contributed by atoms with Crippen LogP contribution in [0, 0.1) is 0 Å². The fourth-order valence-electron chi connectivity index (χ4n) is 2.25. The van der Waals surface area contributed by atoms with Crippen LogP contribution >= 0.6 is 0 Å². The van der Waals surface area contributed by atoms with Gasteiger partial charge in [-0.1, -0.05) is 0 Å². The van der Waals surface area contributed by atoms with Gasteiger partial charge in [0.1, 0.15) is 11.6 Å². The van der Waals surface area contributed by atoms with E-state index in [1.807, 2.05) is 0 Å². The monoisotopic (exact) mass is 334 g/mol. The van der Waals surface area contributed by atoms with Crippen LogP contribution in [0.3, 0.4) is 0 Å². The standard InChI is InChI=1S/C14H14N4O4S/c1-22-11-7-8(18-23(2,20)21)3-4-9(11)13-15-10-5-6-12(19)16-14(10)17-13/h3-5,7,18H,6H2,1-2H3,(H,15,16,17,19). The second-order valence-electron chi connectivity index (χ2n) is 5.03. The molecule has 1 aromatic carbocycles. The zero-order valence-corrected chi connectivity index (χ0v) is 13.3. The van der Waals surface area contributed by atoms with Gasteiger partial charge in [-0.05, 0) is 18.2 Å². The number of nitrogens with zero attached hydrogens (tertiary/aromatic N) is 2. The van der Waals surface area contributed by atoms with Crippen molar-refractivity contribution in [1.82, 2.24) is 9.97 Å². The summed E-state index contributed by atoms with van der Waals surface area (Å²) in [7, 11) is -1.90. The zero-order valence-electron chi connectivity index (χ0n) is 12.5. The summed E-state index contributed by atoms with van der Waals surface area (Å²) in [6.45, 7) is 0. The number of aromatic amines is 1. The van der Waals surface area contributed by atoms with Crippen LogP contribution in [0.5, 0.6) is 5.75 Å². The number of methoxy groups -OCH3 is 1. The van der Waals surface area contributed by atoms with Gasteiger partial charge >= 0.3 is 0 Å². The third-order valence-electron chi connectivity index (χ3n) is 3.18. The number of hydrogen-bond acceptors (Lipinski definition) is 5. The van der Waals surface area contributed by atoms with Crippen LogP contribution in [-0.4, -0.2) is 37.7 Å². The second-order valence-corrected chi connectivity index (χ2v) is 6.77. The van der Waals surface area contributed by atoms with Crippen molar-refractivity contribution in [2.75, 3.05) is 18.1 Å². The molecule has 2 aromatic rings. The van der Waals surface area contributed by atoms with Gasteiger partial charge in [-0.15, -0.1) is 0 Å². The SMILES string of the molecule is COc1cc(NS(C)(=O)=O)ccc1-c1nc2c([nH]1)=CCC(=O)N=2. The molecule has 0 radical (unpaired) electrons. The van der Waals surface area contributed by atoms with Crippen LogP contribution in [0.25, 0.3) is 17.5 Å². The number of sulfonamides is 1. The average Bonchev–Trinajstić information content (AvgIpc) is 2.88. The fourth-order valence-corrected chi connectivity index (χ4v) is 2.81. The Morgan fingerprint density at radius 2 is 2.13 bits per heavy atom. The maximum absolute atomic E-state index is 11.3. The minimum Gasteiger partial charge on any atom is -0.496 e. The number of aromatic nitrogens is 2. The molecule has 0 aliphatic carbocycles. The lowest BCUT2D eigenvalue weighted by Crippen LogP contribution is -2.29. The van der Waals surface area contributed by atoms with Crippen LogP contribution in [0.4, 0.5) is 5.69 Å². The topological polar surface area (TPSA) is 114 Å². The van der Waals surface area contributed by atoms with Crippen molar-refractivity contribution in [3.05, 3.63) is 29.0 Å². The van der Waals surface area contributed by atoms with Gasteiger partial charge in [0.15, 0.2) is 5.49 Å². The number of hydrogen-bond donors (Lipinski definition) is 2. The number of carbonyl (C=O) groups is 1. The lowest BCUT2D eigenvalue weighted by Gasteiger charge is -2.09. The van der Waals surface area contributed by atoms with E-state index in [4.69, 9.17) is 4.74 Å². The van der Waals surface area contributed by atoms with Crippen LogP contribution < -0.4 is 20.3 Å². The molecule has 120 valence electrons. The molecule has 0 spiro atoms. The largest absolute Gasteiger partial charge is 0.496 e. The Hall–Kier alpha value is -2.68. The third kappa shape index (κ3) is 3.24. The first-order valence-corrected chi connectivity index (χ1v) is 8.59. The minimum absolute atomic E-state index is 0.239. The number of benzene rings is 1. The number of ether oxygens (including phenoxy) is 1. The number of carbonyl (C=O) groups excluding carboxylic acids is 1. The van der Waals surface area contributed by atoms with E-state index >= 15 is 0 Å². The van der Waals surface area contributed by atoms with Crippen LogP contribution in [0.2, 0.25) is 0 Å². The third-order valence-corrected chi connectivity index (χ3v) is 3.79. The maximum atomic E-state index is 11.3. The van der Waals surface area contributed by atoms with Gasteiger partial charge in [-0.2, -0.15) is 4.99 Å². The Kier molecular flexibility index (Phi) is 3.64. The fraction of sp³-hybridized carbons (Fsp3) is 0.214. The van der Waals surface area contributed by atoms with E-state index in [2.05, 4.69) is 19.7 Å². The van der Waals surface area contributed by atoms with E-state index in [1.165, 1.54) is 7.11 Å². The van der Waals surface area contributed by atoms with Crippen molar-refractivity contribution in [3.63, 3.8) is 0 Å². The van der Waals surface area contributed by atoms with Crippen molar-refractivity contribution in [1.29, 1.82) is 0 Å². The van der Waals surface area contributed by atoms with Crippen molar-refractivity contribution in [2.24, 2.45) is 4.99 Å². The van der Waals surface area contributed by atoms with E-state index in [-0.39, 0.29) is 12.3 Å². The molecule has 1 aromatic heterocycles. The molecule has 0 unspecified atom stereocenters. The molecule has 0 saturated carbocycles. The Morgan fingerprint density at radius 3 is 2.83 bits per heavy atom. The van der Waals surface area contributed by atoms with Gasteiger partial charge in [0.05, 0.1) is 30.0 Å². The summed E-state index contributed by atoms with van der Waals surface area (Å²) in [5.41, 5.74) is 1.37. The van der Waals surface area contributed by atoms with Gasteiger partial charge in [-0.3, -0.25) is 9.52 Å². The highest BCUT2D eigenvalue weighted by Crippen LogP contribution is 2.29. The molecular formula is C14H14N4O4S. The zero-order chi connectivity index (χ0) is 16.6. The predicted octanol–water partition coefficient (Wildman–Crippen LogP) is -0.213. The number of nitrogens with one attached hydrogen (secondary N) is 2. The van der Waals surface area contributed by atoms with Gasteiger partial charge in [0, 0.05) is 12.5 Å². The van der Waals surface area contributed by atoms with E-state index in [0.29, 0.717) is 33.7 Å². The van der Waals surface area contributed by atoms with Gasteiger partial charge in [-0.25, -0.2) is 13.4 Å². The van der Waals surface area contributed by atoms with Crippen molar-refractivity contribution in [2.45, 2.75) is 6.42 Å². The highest BCUT2D eigenvalue weighted by Gasteiger charge is 2.14. The molecule has 1 amide bonds. The van der Waals surface area contributed by atoms with Gasteiger partial charge in [0.2, 0.25) is 10.0 Å². The quantitative estimate of drug-likeness (QED) is 0.803. The molecule has 3 rings (SSSR count). The summed E-state index contributed by atoms with van der Waals surface area (Å²) in [6, 6.07) is 4.84. The number of imidazole rings is 1. The summed E-state index contributed by atoms with van der Waals surface area (Å²) < 4.78 is 30.3. The molecule has 1 aliphatic rings. The van der Waals surface area contributed by atoms with Crippen molar-refractivity contribution in [3.8, 4) is 17.1 Å². The molecule has 0 bridgehead atoms. The average molecular weight is 334 g/mol. The molecule has 0 saturated heterocycles. The maximum Gasteiger partial charge on any atom is 0.251 e. The number of amides is 1. The highest BCUT2D eigenvalue weighted by atomic mass is 32.2. The Bertz CT molecular complexity index is 1010. The molecule has 9 heteroatoms. The molecular weight excluding hydrogens is 320 g/mol. The Balaban J connectivity index is 2.07. The van der Waals surface area contributed by atoms with Crippen LogP contribution in [0.15, 0.2) is 23.2 Å².